The minimum atomic E-state index is 1.10. The van der Waals surface area contributed by atoms with Crippen LogP contribution in [-0.4, -0.2) is 0 Å². The summed E-state index contributed by atoms with van der Waals surface area (Å²) in [5.74, 6) is 0. The fourth-order valence-corrected chi connectivity index (χ4v) is 9.47. The van der Waals surface area contributed by atoms with Crippen LogP contribution in [0.15, 0.2) is 273 Å². The average Bonchev–Trinajstić information content (AvgIpc) is 3.40. The van der Waals surface area contributed by atoms with Gasteiger partial charge in [-0.15, -0.1) is 0 Å². The van der Waals surface area contributed by atoms with Gasteiger partial charge in [0.15, 0.2) is 0 Å². The number of hydrogen-bond donors (Lipinski definition) is 0. The van der Waals surface area contributed by atoms with E-state index in [1.165, 1.54) is 88.7 Å². The van der Waals surface area contributed by atoms with Crippen molar-refractivity contribution in [3.63, 3.8) is 0 Å². The molecular weight excluding hydrogens is 783 g/mol. The highest BCUT2D eigenvalue weighted by Gasteiger charge is 2.25. The van der Waals surface area contributed by atoms with Crippen LogP contribution in [0.4, 0.5) is 17.1 Å². The molecule has 0 aliphatic rings. The number of rotatable bonds is 10. The van der Waals surface area contributed by atoms with Crippen LogP contribution in [0.2, 0.25) is 0 Å². The van der Waals surface area contributed by atoms with Crippen molar-refractivity contribution in [2.75, 3.05) is 4.90 Å². The van der Waals surface area contributed by atoms with Gasteiger partial charge in [-0.05, 0) is 125 Å². The highest BCUT2D eigenvalue weighted by Crippen LogP contribution is 2.53. The molecule has 0 aromatic heterocycles. The van der Waals surface area contributed by atoms with Gasteiger partial charge in [0.2, 0.25) is 0 Å². The molecule has 0 heterocycles. The Hall–Kier alpha value is -8.52. The molecular formula is C64H45N. The molecule has 11 aromatic rings. The standard InChI is InChI=1S/C64H45N/c1-7-20-46(21-8-1)48-38-42-56(43-39-48)65(55-30-17-6-18-31-55)57-44-40-49(41-45-57)47-34-36-50(37-35-47)58-32-19-33-59-60(51-22-9-2-10-23-51)61(52-24-11-3-12-25-52)62(53-26-13-4-14-27-53)63(64(58)59)54-28-15-5-16-29-54/h1-45H. The van der Waals surface area contributed by atoms with Gasteiger partial charge in [0, 0.05) is 17.1 Å². The number of para-hydroxylation sites is 1. The molecule has 0 unspecified atom stereocenters. The first kappa shape index (κ1) is 39.3. The molecule has 0 spiro atoms. The molecule has 0 saturated heterocycles. The van der Waals surface area contributed by atoms with Crippen LogP contribution in [0.25, 0.3) is 88.7 Å². The van der Waals surface area contributed by atoms with Gasteiger partial charge < -0.3 is 4.90 Å². The van der Waals surface area contributed by atoms with Gasteiger partial charge in [-0.2, -0.15) is 0 Å². The topological polar surface area (TPSA) is 3.24 Å². The molecule has 0 bridgehead atoms. The molecule has 0 fully saturated rings. The van der Waals surface area contributed by atoms with Gasteiger partial charge in [0.1, 0.15) is 0 Å². The zero-order chi connectivity index (χ0) is 43.4. The molecule has 0 aliphatic carbocycles. The van der Waals surface area contributed by atoms with E-state index in [4.69, 9.17) is 0 Å². The highest BCUT2D eigenvalue weighted by atomic mass is 15.1. The molecule has 11 rings (SSSR count). The summed E-state index contributed by atoms with van der Waals surface area (Å²) in [4.78, 5) is 2.32. The molecule has 0 saturated carbocycles. The molecule has 0 N–H and O–H groups in total. The third-order valence-electron chi connectivity index (χ3n) is 12.5. The zero-order valence-corrected chi connectivity index (χ0v) is 35.9. The average molecular weight is 828 g/mol. The number of nitrogens with zero attached hydrogens (tertiary/aromatic N) is 1. The first-order valence-electron chi connectivity index (χ1n) is 22.3. The van der Waals surface area contributed by atoms with Crippen LogP contribution in [0.1, 0.15) is 0 Å². The van der Waals surface area contributed by atoms with Gasteiger partial charge in [0.05, 0.1) is 0 Å². The van der Waals surface area contributed by atoms with E-state index in [2.05, 4.69) is 278 Å². The molecule has 1 nitrogen and oxygen atoms in total. The van der Waals surface area contributed by atoms with Gasteiger partial charge in [-0.25, -0.2) is 0 Å². The van der Waals surface area contributed by atoms with Crippen LogP contribution >= 0.6 is 0 Å². The third-order valence-corrected chi connectivity index (χ3v) is 12.5. The Balaban J connectivity index is 1.04. The number of benzene rings is 11. The maximum absolute atomic E-state index is 2.32. The summed E-state index contributed by atoms with van der Waals surface area (Å²) in [6.45, 7) is 0. The molecule has 0 aliphatic heterocycles. The number of hydrogen-bond acceptors (Lipinski definition) is 1. The number of fused-ring (bicyclic) bond motifs is 1. The monoisotopic (exact) mass is 827 g/mol. The van der Waals surface area contributed by atoms with Crippen molar-refractivity contribution in [3.05, 3.63) is 273 Å². The van der Waals surface area contributed by atoms with E-state index in [0.29, 0.717) is 0 Å². The minimum Gasteiger partial charge on any atom is -0.311 e. The molecule has 306 valence electrons. The molecule has 1 heteroatoms. The number of anilines is 3. The SMILES string of the molecule is c1ccc(-c2ccc(N(c3ccccc3)c3ccc(-c4ccc(-c5cccc6c(-c7ccccc7)c(-c7ccccc7)c(-c7ccccc7)c(-c7ccccc7)c56)cc4)cc3)cc2)cc1. The minimum absolute atomic E-state index is 1.10. The Labute approximate surface area is 381 Å². The van der Waals surface area contributed by atoms with E-state index in [9.17, 15) is 0 Å². The fraction of sp³-hybridized carbons (Fsp3) is 0. The Morgan fingerprint density at radius 1 is 0.185 bits per heavy atom. The van der Waals surface area contributed by atoms with Crippen molar-refractivity contribution in [3.8, 4) is 77.9 Å². The first-order chi connectivity index (χ1) is 32.3. The Kier molecular flexibility index (Phi) is 10.7. The van der Waals surface area contributed by atoms with Gasteiger partial charge >= 0.3 is 0 Å². The van der Waals surface area contributed by atoms with E-state index in [1.807, 2.05) is 0 Å². The summed E-state index contributed by atoms with van der Waals surface area (Å²) in [6, 6.07) is 98.7. The van der Waals surface area contributed by atoms with Crippen LogP contribution in [0, 0.1) is 0 Å². The highest BCUT2D eigenvalue weighted by molar-refractivity contribution is 6.22. The van der Waals surface area contributed by atoms with Crippen molar-refractivity contribution in [1.82, 2.24) is 0 Å². The largest absolute Gasteiger partial charge is 0.311 e. The second-order valence-corrected chi connectivity index (χ2v) is 16.4. The van der Waals surface area contributed by atoms with E-state index < -0.39 is 0 Å². The van der Waals surface area contributed by atoms with Crippen molar-refractivity contribution in [1.29, 1.82) is 0 Å². The van der Waals surface area contributed by atoms with Gasteiger partial charge in [-0.1, -0.05) is 237 Å². The molecule has 65 heavy (non-hydrogen) atoms. The fourth-order valence-electron chi connectivity index (χ4n) is 9.47. The Morgan fingerprint density at radius 3 is 0.938 bits per heavy atom. The van der Waals surface area contributed by atoms with E-state index in [1.54, 1.807) is 0 Å². The van der Waals surface area contributed by atoms with Gasteiger partial charge in [0.25, 0.3) is 0 Å². The lowest BCUT2D eigenvalue weighted by atomic mass is 9.77. The predicted molar refractivity (Wildman–Crippen MR) is 277 cm³/mol. The molecule has 0 amide bonds. The zero-order valence-electron chi connectivity index (χ0n) is 35.9. The van der Waals surface area contributed by atoms with E-state index in [-0.39, 0.29) is 0 Å². The summed E-state index contributed by atoms with van der Waals surface area (Å²) >= 11 is 0. The maximum Gasteiger partial charge on any atom is 0.0462 e. The lowest BCUT2D eigenvalue weighted by molar-refractivity contribution is 1.28. The quantitative estimate of drug-likeness (QED) is 0.133. The smallest absolute Gasteiger partial charge is 0.0462 e. The molecule has 0 radical (unpaired) electrons. The molecule has 0 atom stereocenters. The maximum atomic E-state index is 2.32. The summed E-state index contributed by atoms with van der Waals surface area (Å²) in [7, 11) is 0. The first-order valence-corrected chi connectivity index (χ1v) is 22.3. The van der Waals surface area contributed by atoms with Crippen molar-refractivity contribution in [2.24, 2.45) is 0 Å². The van der Waals surface area contributed by atoms with Crippen molar-refractivity contribution >= 4 is 27.8 Å². The Morgan fingerprint density at radius 2 is 0.492 bits per heavy atom. The van der Waals surface area contributed by atoms with Crippen LogP contribution in [0.5, 0.6) is 0 Å². The summed E-state index contributed by atoms with van der Waals surface area (Å²) in [5, 5.41) is 2.47. The van der Waals surface area contributed by atoms with Crippen molar-refractivity contribution < 1.29 is 0 Å². The summed E-state index contributed by atoms with van der Waals surface area (Å²) < 4.78 is 0. The van der Waals surface area contributed by atoms with Crippen molar-refractivity contribution in [2.45, 2.75) is 0 Å². The second-order valence-electron chi connectivity index (χ2n) is 16.4. The third kappa shape index (κ3) is 7.71. The lowest BCUT2D eigenvalue weighted by Gasteiger charge is -2.26. The second kappa shape index (κ2) is 17.7. The molecule has 11 aromatic carbocycles. The van der Waals surface area contributed by atoms with Gasteiger partial charge in [-0.3, -0.25) is 0 Å². The summed E-state index contributed by atoms with van der Waals surface area (Å²) in [5.41, 5.74) is 20.2. The van der Waals surface area contributed by atoms with E-state index >= 15 is 0 Å². The van der Waals surface area contributed by atoms with Crippen LogP contribution in [-0.2, 0) is 0 Å². The van der Waals surface area contributed by atoms with Crippen LogP contribution < -0.4 is 4.90 Å². The van der Waals surface area contributed by atoms with E-state index in [0.717, 1.165) is 17.1 Å². The van der Waals surface area contributed by atoms with Crippen LogP contribution in [0.3, 0.4) is 0 Å². The Bertz CT molecular complexity index is 3330. The lowest BCUT2D eigenvalue weighted by Crippen LogP contribution is -2.09. The summed E-state index contributed by atoms with van der Waals surface area (Å²) in [6.07, 6.45) is 0. The normalized spacial score (nSPS) is 11.1. The predicted octanol–water partition coefficient (Wildman–Crippen LogP) is 18.0.